The molecule has 0 atom stereocenters. The average Bonchev–Trinajstić information content (AvgIpc) is 2.34. The Bertz CT molecular complexity index is 421. The van der Waals surface area contributed by atoms with Crippen LogP contribution < -0.4 is 10.6 Å². The van der Waals surface area contributed by atoms with Crippen molar-refractivity contribution in [3.8, 4) is 0 Å². The molecular formula is C14H23N3O. The molecule has 18 heavy (non-hydrogen) atoms. The van der Waals surface area contributed by atoms with Crippen LogP contribution in [0.15, 0.2) is 29.4 Å². The number of anilines is 1. The Labute approximate surface area is 109 Å². The van der Waals surface area contributed by atoms with Gasteiger partial charge < -0.3 is 15.8 Å². The molecule has 0 aliphatic rings. The summed E-state index contributed by atoms with van der Waals surface area (Å²) in [5.41, 5.74) is 7.71. The number of nitrogens with two attached hydrogens (primary N) is 1. The van der Waals surface area contributed by atoms with E-state index in [1.165, 1.54) is 0 Å². The van der Waals surface area contributed by atoms with Crippen LogP contribution in [0.3, 0.4) is 0 Å². The Balaban J connectivity index is 2.77. The largest absolute Gasteiger partial charge is 0.409 e. The lowest BCUT2D eigenvalue weighted by Crippen LogP contribution is -2.23. The van der Waals surface area contributed by atoms with Gasteiger partial charge >= 0.3 is 0 Å². The van der Waals surface area contributed by atoms with Crippen molar-refractivity contribution in [1.82, 2.24) is 0 Å². The molecule has 0 saturated heterocycles. The van der Waals surface area contributed by atoms with E-state index in [1.807, 2.05) is 24.3 Å². The lowest BCUT2D eigenvalue weighted by Gasteiger charge is -2.25. The highest BCUT2D eigenvalue weighted by molar-refractivity contribution is 5.97. The summed E-state index contributed by atoms with van der Waals surface area (Å²) in [6.45, 7) is 7.66. The van der Waals surface area contributed by atoms with Crippen LogP contribution in [0.4, 0.5) is 5.69 Å². The molecule has 1 rings (SSSR count). The third-order valence-electron chi connectivity index (χ3n) is 2.89. The molecule has 4 heteroatoms. The first-order valence-electron chi connectivity index (χ1n) is 6.12. The van der Waals surface area contributed by atoms with Gasteiger partial charge in [0.25, 0.3) is 0 Å². The number of oxime groups is 1. The number of benzene rings is 1. The van der Waals surface area contributed by atoms with Gasteiger partial charge in [-0.3, -0.25) is 0 Å². The second-order valence-electron chi connectivity index (χ2n) is 5.77. The standard InChI is InChI=1S/C14H23N3O/c1-14(2,3)8-9-17(4)12-7-5-6-11(10-12)13(15)16-18/h5-7,10,18H,8-9H2,1-4H3,(H2,15,16). The van der Waals surface area contributed by atoms with Crippen molar-refractivity contribution < 1.29 is 5.21 Å². The molecule has 0 radical (unpaired) electrons. The smallest absolute Gasteiger partial charge is 0.170 e. The average molecular weight is 249 g/mol. The fraction of sp³-hybridized carbons (Fsp3) is 0.500. The third kappa shape index (κ3) is 4.28. The van der Waals surface area contributed by atoms with Gasteiger partial charge in [-0.05, 0) is 24.0 Å². The maximum absolute atomic E-state index is 8.68. The molecule has 0 aliphatic heterocycles. The van der Waals surface area contributed by atoms with Crippen molar-refractivity contribution in [2.45, 2.75) is 27.2 Å². The molecular weight excluding hydrogens is 226 g/mol. The SMILES string of the molecule is CN(CCC(C)(C)C)c1cccc(C(N)=NO)c1. The van der Waals surface area contributed by atoms with Gasteiger partial charge in [0.2, 0.25) is 0 Å². The first-order chi connectivity index (χ1) is 8.33. The van der Waals surface area contributed by atoms with Crippen LogP contribution >= 0.6 is 0 Å². The molecule has 0 saturated carbocycles. The molecule has 4 nitrogen and oxygen atoms in total. The minimum atomic E-state index is 0.140. The Morgan fingerprint density at radius 1 is 1.39 bits per heavy atom. The van der Waals surface area contributed by atoms with E-state index >= 15 is 0 Å². The van der Waals surface area contributed by atoms with Gasteiger partial charge in [0.1, 0.15) is 0 Å². The number of hydrogen-bond donors (Lipinski definition) is 2. The maximum atomic E-state index is 8.68. The Kier molecular flexibility index (Phi) is 4.59. The first kappa shape index (κ1) is 14.4. The summed E-state index contributed by atoms with van der Waals surface area (Å²) in [6, 6.07) is 7.70. The molecule has 1 aromatic carbocycles. The quantitative estimate of drug-likeness (QED) is 0.373. The fourth-order valence-corrected chi connectivity index (χ4v) is 1.59. The van der Waals surface area contributed by atoms with Crippen LogP contribution in [-0.2, 0) is 0 Å². The zero-order chi connectivity index (χ0) is 13.8. The van der Waals surface area contributed by atoms with E-state index in [2.05, 4.69) is 37.9 Å². The van der Waals surface area contributed by atoms with Gasteiger partial charge in [0.05, 0.1) is 0 Å². The van der Waals surface area contributed by atoms with Crippen LogP contribution in [0.2, 0.25) is 0 Å². The Morgan fingerprint density at radius 3 is 2.61 bits per heavy atom. The second-order valence-corrected chi connectivity index (χ2v) is 5.77. The van der Waals surface area contributed by atoms with Crippen LogP contribution in [0.25, 0.3) is 0 Å². The van der Waals surface area contributed by atoms with Gasteiger partial charge in [-0.15, -0.1) is 0 Å². The minimum absolute atomic E-state index is 0.140. The molecule has 0 unspecified atom stereocenters. The molecule has 0 amide bonds. The zero-order valence-corrected chi connectivity index (χ0v) is 11.6. The highest BCUT2D eigenvalue weighted by atomic mass is 16.4. The van der Waals surface area contributed by atoms with Gasteiger partial charge in [-0.25, -0.2) is 0 Å². The normalized spacial score (nSPS) is 12.6. The lowest BCUT2D eigenvalue weighted by molar-refractivity contribution is 0.318. The fourth-order valence-electron chi connectivity index (χ4n) is 1.59. The summed E-state index contributed by atoms with van der Waals surface area (Å²) in [4.78, 5) is 2.18. The molecule has 0 heterocycles. The molecule has 0 bridgehead atoms. The summed E-state index contributed by atoms with van der Waals surface area (Å²) in [6.07, 6.45) is 1.11. The summed E-state index contributed by atoms with van der Waals surface area (Å²) < 4.78 is 0. The highest BCUT2D eigenvalue weighted by Gasteiger charge is 2.12. The van der Waals surface area contributed by atoms with E-state index in [9.17, 15) is 0 Å². The summed E-state index contributed by atoms with van der Waals surface area (Å²) in [7, 11) is 2.05. The van der Waals surface area contributed by atoms with E-state index in [0.29, 0.717) is 5.41 Å². The van der Waals surface area contributed by atoms with Crippen LogP contribution in [0.1, 0.15) is 32.8 Å². The highest BCUT2D eigenvalue weighted by Crippen LogP contribution is 2.21. The van der Waals surface area contributed by atoms with Gasteiger partial charge in [-0.2, -0.15) is 0 Å². The van der Waals surface area contributed by atoms with Crippen LogP contribution in [0.5, 0.6) is 0 Å². The number of hydrogen-bond acceptors (Lipinski definition) is 3. The van der Waals surface area contributed by atoms with Crippen molar-refractivity contribution in [2.75, 3.05) is 18.5 Å². The Morgan fingerprint density at radius 2 is 2.06 bits per heavy atom. The van der Waals surface area contributed by atoms with Gasteiger partial charge in [-0.1, -0.05) is 38.1 Å². The van der Waals surface area contributed by atoms with E-state index in [1.54, 1.807) is 0 Å². The number of nitrogens with zero attached hydrogens (tertiary/aromatic N) is 2. The molecule has 0 aliphatic carbocycles. The summed E-state index contributed by atoms with van der Waals surface area (Å²) in [5, 5.41) is 11.7. The second kappa shape index (κ2) is 5.76. The van der Waals surface area contributed by atoms with E-state index in [-0.39, 0.29) is 5.84 Å². The van der Waals surface area contributed by atoms with E-state index < -0.39 is 0 Å². The maximum Gasteiger partial charge on any atom is 0.170 e. The van der Waals surface area contributed by atoms with E-state index in [4.69, 9.17) is 10.9 Å². The van der Waals surface area contributed by atoms with Crippen LogP contribution in [0, 0.1) is 5.41 Å². The molecule has 0 fully saturated rings. The Hall–Kier alpha value is -1.71. The van der Waals surface area contributed by atoms with Crippen molar-refractivity contribution in [2.24, 2.45) is 16.3 Å². The topological polar surface area (TPSA) is 61.8 Å². The summed E-state index contributed by atoms with van der Waals surface area (Å²) >= 11 is 0. The molecule has 1 aromatic rings. The summed E-state index contributed by atoms with van der Waals surface area (Å²) in [5.74, 6) is 0.140. The van der Waals surface area contributed by atoms with Gasteiger partial charge in [0, 0.05) is 24.8 Å². The van der Waals surface area contributed by atoms with Crippen molar-refractivity contribution in [1.29, 1.82) is 0 Å². The zero-order valence-electron chi connectivity index (χ0n) is 11.6. The predicted molar refractivity (Wildman–Crippen MR) is 76.3 cm³/mol. The first-order valence-corrected chi connectivity index (χ1v) is 6.12. The van der Waals surface area contributed by atoms with Gasteiger partial charge in [0.15, 0.2) is 5.84 Å². The van der Waals surface area contributed by atoms with Crippen molar-refractivity contribution in [3.05, 3.63) is 29.8 Å². The number of rotatable bonds is 4. The number of amidine groups is 1. The predicted octanol–water partition coefficient (Wildman–Crippen LogP) is 2.65. The molecule has 3 N–H and O–H groups in total. The lowest BCUT2D eigenvalue weighted by atomic mass is 9.92. The molecule has 100 valence electrons. The third-order valence-corrected chi connectivity index (χ3v) is 2.89. The van der Waals surface area contributed by atoms with Crippen LogP contribution in [-0.4, -0.2) is 24.6 Å². The molecule has 0 spiro atoms. The minimum Gasteiger partial charge on any atom is -0.409 e. The van der Waals surface area contributed by atoms with Crippen molar-refractivity contribution in [3.63, 3.8) is 0 Å². The van der Waals surface area contributed by atoms with E-state index in [0.717, 1.165) is 24.2 Å². The van der Waals surface area contributed by atoms with Crippen molar-refractivity contribution >= 4 is 11.5 Å². The monoisotopic (exact) mass is 249 g/mol. The molecule has 0 aromatic heterocycles.